The van der Waals surface area contributed by atoms with Crippen molar-refractivity contribution in [1.82, 2.24) is 25.9 Å². The van der Waals surface area contributed by atoms with Gasteiger partial charge >= 0.3 is 0 Å². The lowest BCUT2D eigenvalue weighted by molar-refractivity contribution is -0.145. The number of nitrogens with two attached hydrogens (primary N) is 1. The van der Waals surface area contributed by atoms with Crippen LogP contribution in [0.3, 0.4) is 0 Å². The van der Waals surface area contributed by atoms with Crippen LogP contribution in [0.5, 0.6) is 0 Å². The maximum Gasteiger partial charge on any atom is 0.287 e. The van der Waals surface area contributed by atoms with Crippen molar-refractivity contribution in [3.05, 3.63) is 29.1 Å². The van der Waals surface area contributed by atoms with Gasteiger partial charge in [-0.1, -0.05) is 85.6 Å². The molecule has 2 spiro atoms. The zero-order valence-corrected chi connectivity index (χ0v) is 32.1. The molecule has 5 fully saturated rings. The fourth-order valence-corrected chi connectivity index (χ4v) is 10.6. The van der Waals surface area contributed by atoms with Gasteiger partial charge in [-0.2, -0.15) is 0 Å². The summed E-state index contributed by atoms with van der Waals surface area (Å²) in [5, 5.41) is 21.5. The Morgan fingerprint density at radius 2 is 1.60 bits per heavy atom. The monoisotopic (exact) mass is 735 g/mol. The minimum atomic E-state index is -1.10. The predicted octanol–water partition coefficient (Wildman–Crippen LogP) is 3.36. The van der Waals surface area contributed by atoms with Gasteiger partial charge in [-0.25, -0.2) is 0 Å². The third-order valence-electron chi connectivity index (χ3n) is 14.3. The summed E-state index contributed by atoms with van der Waals surface area (Å²) in [4.78, 5) is 83.8. The van der Waals surface area contributed by atoms with Crippen molar-refractivity contribution in [1.29, 1.82) is 0 Å². The first-order valence-electron chi connectivity index (χ1n) is 19.8. The maximum atomic E-state index is 15.0. The highest BCUT2D eigenvalue weighted by atomic mass is 16.5. The molecule has 1 saturated heterocycles. The molecule has 6 aliphatic rings. The molecule has 5 amide bonds. The molecule has 292 valence electrons. The van der Waals surface area contributed by atoms with Gasteiger partial charge in [-0.05, 0) is 78.9 Å². The highest BCUT2D eigenvalue weighted by Gasteiger charge is 2.85. The van der Waals surface area contributed by atoms with Gasteiger partial charge in [0.1, 0.15) is 18.1 Å². The highest BCUT2D eigenvalue weighted by molar-refractivity contribution is 6.37. The molecule has 5 N–H and O–H groups in total. The molecule has 6 rings (SSSR count). The molecule has 53 heavy (non-hydrogen) atoms. The van der Waals surface area contributed by atoms with Crippen LogP contribution in [0.4, 0.5) is 0 Å². The van der Waals surface area contributed by atoms with Crippen LogP contribution in [0, 0.1) is 38.7 Å². The van der Waals surface area contributed by atoms with Crippen molar-refractivity contribution in [2.24, 2.45) is 39.2 Å². The van der Waals surface area contributed by atoms with Gasteiger partial charge in [-0.3, -0.25) is 28.8 Å². The normalized spacial score (nSPS) is 27.9. The average molecular weight is 736 g/mol. The van der Waals surface area contributed by atoms with Gasteiger partial charge in [-0.15, -0.1) is 0 Å². The van der Waals surface area contributed by atoms with E-state index in [1.54, 1.807) is 11.0 Å². The van der Waals surface area contributed by atoms with E-state index in [1.807, 2.05) is 20.8 Å². The van der Waals surface area contributed by atoms with Gasteiger partial charge < -0.3 is 36.9 Å². The third-order valence-corrected chi connectivity index (χ3v) is 14.3. The first kappa shape index (κ1) is 39.0. The summed E-state index contributed by atoms with van der Waals surface area (Å²) in [6, 6.07) is -3.95. The van der Waals surface area contributed by atoms with E-state index >= 15 is 0 Å². The Balaban J connectivity index is 1.27. The van der Waals surface area contributed by atoms with E-state index in [2.05, 4.69) is 29.8 Å². The number of rotatable bonds is 12. The second-order valence-electron chi connectivity index (χ2n) is 18.4. The number of fused-ring (bicyclic) bond motifs is 1. The summed E-state index contributed by atoms with van der Waals surface area (Å²) in [5.41, 5.74) is 4.45. The number of hydrogen-bond donors (Lipinski definition) is 4. The number of carbonyl (C=O) groups is 6. The van der Waals surface area contributed by atoms with Crippen LogP contribution in [0.25, 0.3) is 0 Å². The van der Waals surface area contributed by atoms with Gasteiger partial charge in [0, 0.05) is 24.1 Å². The Bertz CT molecular complexity index is 1570. The standard InChI is InChI=1S/C40H59N6O7/c1-37(2,3)31(44-35(51)29(25-14-7-6-8-15-25)43-33(49)26-16-10-19-45(53)22-26)36(52)46-23-40(38(4,5)39(40)17-11-18-39)21-28(46)34(50)42-27(30(47)32(41)48)20-24-12-9-13-24/h10,16,19,24-25,27-29,31H,6-9,11-15,17-18,20-23H2,1-5H3,(H2,41,48)(H,42,50)(H,43,49)(H,44,51)/q-1/t27?,28-,29-,31+,40+/m0/s1. The highest BCUT2D eigenvalue weighted by Crippen LogP contribution is 2.88. The molecule has 1 unspecified atom stereocenters. The first-order chi connectivity index (χ1) is 24.9. The van der Waals surface area contributed by atoms with Crippen molar-refractivity contribution in [2.45, 2.75) is 142 Å². The van der Waals surface area contributed by atoms with Crippen molar-refractivity contribution in [3.8, 4) is 0 Å². The van der Waals surface area contributed by atoms with E-state index in [0.29, 0.717) is 24.4 Å². The molecule has 4 aliphatic carbocycles. The Labute approximate surface area is 313 Å². The second-order valence-corrected chi connectivity index (χ2v) is 18.4. The largest absolute Gasteiger partial charge is 0.758 e. The fourth-order valence-electron chi connectivity index (χ4n) is 10.6. The number of ketones is 1. The summed E-state index contributed by atoms with van der Waals surface area (Å²) < 4.78 is 0. The van der Waals surface area contributed by atoms with E-state index in [4.69, 9.17) is 5.73 Å². The first-order valence-corrected chi connectivity index (χ1v) is 19.8. The van der Waals surface area contributed by atoms with Gasteiger partial charge in [0.15, 0.2) is 0 Å². The molecule has 4 saturated carbocycles. The number of amides is 5. The lowest BCUT2D eigenvalue weighted by Gasteiger charge is -2.38. The van der Waals surface area contributed by atoms with Crippen LogP contribution < -0.4 is 21.7 Å². The summed E-state index contributed by atoms with van der Waals surface area (Å²) in [6.07, 6.45) is 15.4. The smallest absolute Gasteiger partial charge is 0.287 e. The topological polar surface area (TPSA) is 194 Å². The molecule has 0 aromatic rings. The van der Waals surface area contributed by atoms with Crippen molar-refractivity contribution in [2.75, 3.05) is 13.1 Å². The van der Waals surface area contributed by atoms with Gasteiger partial charge in [0.05, 0.1) is 6.04 Å². The quantitative estimate of drug-likeness (QED) is 0.219. The lowest BCUT2D eigenvalue weighted by Crippen LogP contribution is -2.62. The average Bonchev–Trinajstić information content (AvgIpc) is 3.27. The second kappa shape index (κ2) is 14.5. The molecule has 13 heteroatoms. The molecule has 0 bridgehead atoms. The van der Waals surface area contributed by atoms with Crippen LogP contribution in [0.2, 0.25) is 0 Å². The van der Waals surface area contributed by atoms with Gasteiger partial charge in [0.25, 0.3) is 5.91 Å². The molecule has 13 nitrogen and oxygen atoms in total. The van der Waals surface area contributed by atoms with E-state index in [-0.39, 0.29) is 40.2 Å². The number of hydroxylamine groups is 2. The Kier molecular flexibility index (Phi) is 10.7. The zero-order chi connectivity index (χ0) is 38.5. The van der Waals surface area contributed by atoms with Crippen LogP contribution in [0.1, 0.15) is 118 Å². The number of allylic oxidation sites excluding steroid dienone is 2. The maximum absolute atomic E-state index is 15.0. The predicted molar refractivity (Wildman–Crippen MR) is 198 cm³/mol. The molecule has 2 aliphatic heterocycles. The van der Waals surface area contributed by atoms with Crippen LogP contribution in [0.15, 0.2) is 23.9 Å². The van der Waals surface area contributed by atoms with Crippen molar-refractivity contribution >= 4 is 35.3 Å². The van der Waals surface area contributed by atoms with Crippen LogP contribution in [-0.4, -0.2) is 82.5 Å². The zero-order valence-electron chi connectivity index (χ0n) is 32.1. The van der Waals surface area contributed by atoms with E-state index in [1.165, 1.54) is 12.3 Å². The molecule has 0 aromatic carbocycles. The molecule has 0 radical (unpaired) electrons. The summed E-state index contributed by atoms with van der Waals surface area (Å²) >= 11 is 0. The Morgan fingerprint density at radius 3 is 2.13 bits per heavy atom. The van der Waals surface area contributed by atoms with Crippen molar-refractivity contribution < 1.29 is 28.8 Å². The molecular formula is C40H59N6O7-. The number of carbonyl (C=O) groups excluding carboxylic acids is 6. The minimum Gasteiger partial charge on any atom is -0.758 e. The summed E-state index contributed by atoms with van der Waals surface area (Å²) in [6.45, 7) is 10.2. The Morgan fingerprint density at radius 1 is 0.925 bits per heavy atom. The van der Waals surface area contributed by atoms with E-state index in [0.717, 1.165) is 70.6 Å². The lowest BCUT2D eigenvalue weighted by atomic mass is 9.73. The number of hydrogen-bond acceptors (Lipinski definition) is 8. The molecule has 2 heterocycles. The summed E-state index contributed by atoms with van der Waals surface area (Å²) in [5.74, 6) is -3.74. The number of Topliss-reactive ketones (excluding diaryl/α,β-unsaturated/α-hetero) is 1. The summed E-state index contributed by atoms with van der Waals surface area (Å²) in [7, 11) is 0. The molecular weight excluding hydrogens is 676 g/mol. The third kappa shape index (κ3) is 7.02. The number of nitrogens with one attached hydrogen (secondary N) is 3. The SMILES string of the molecule is CC(C)(C)[C@H](NC(=O)[C@@H](NC(=O)C1=CC=CN([O-])C1)C1CCCCC1)C(=O)N1C[C@]2(C[C@H]1C(=O)NC(CC1CCC1)C(=O)C(N)=O)C(C)(C)C21CCC1. The number of nitrogens with zero attached hydrogens (tertiary/aromatic N) is 2. The minimum absolute atomic E-state index is 0.00142. The van der Waals surface area contributed by atoms with Gasteiger partial charge in [0.2, 0.25) is 29.4 Å². The van der Waals surface area contributed by atoms with Crippen LogP contribution >= 0.6 is 0 Å². The van der Waals surface area contributed by atoms with E-state index < -0.39 is 64.9 Å². The number of likely N-dealkylation sites (tertiary alicyclic amines) is 1. The Hall–Kier alpha value is -3.74. The molecule has 0 aromatic heterocycles. The number of primary amides is 1. The molecule has 5 atom stereocenters. The van der Waals surface area contributed by atoms with Crippen LogP contribution in [-0.2, 0) is 28.8 Å². The fraction of sp³-hybridized carbons (Fsp3) is 0.750. The van der Waals surface area contributed by atoms with E-state index in [9.17, 15) is 34.0 Å². The van der Waals surface area contributed by atoms with Crippen molar-refractivity contribution in [3.63, 3.8) is 0 Å².